The van der Waals surface area contributed by atoms with Crippen molar-refractivity contribution >= 4 is 36.5 Å². The predicted octanol–water partition coefficient (Wildman–Crippen LogP) is 2.11. The Balaban J connectivity index is 0.00000196. The van der Waals surface area contributed by atoms with E-state index in [1.54, 1.807) is 6.20 Å². The number of carbonyl (C=O) groups is 1. The molecule has 0 aromatic carbocycles. The lowest BCUT2D eigenvalue weighted by Crippen LogP contribution is -2.49. The van der Waals surface area contributed by atoms with E-state index in [0.29, 0.717) is 6.54 Å². The number of imidazole rings is 1. The first-order chi connectivity index (χ1) is 12.3. The van der Waals surface area contributed by atoms with Crippen LogP contribution in [-0.2, 0) is 17.4 Å². The Bertz CT molecular complexity index is 781. The number of hydrogen-bond acceptors (Lipinski definition) is 5. The van der Waals surface area contributed by atoms with Crippen LogP contribution in [0, 0.1) is 6.92 Å². The van der Waals surface area contributed by atoms with Crippen LogP contribution in [0.3, 0.4) is 0 Å². The van der Waals surface area contributed by atoms with Crippen molar-refractivity contribution in [3.05, 3.63) is 30.0 Å². The minimum absolute atomic E-state index is 0. The van der Waals surface area contributed by atoms with Crippen LogP contribution in [0.2, 0.25) is 0 Å². The number of aryl methyl sites for hydroxylation is 2. The Labute approximate surface area is 178 Å². The molecule has 0 aliphatic carbocycles. The quantitative estimate of drug-likeness (QED) is 0.774. The Hall–Kier alpha value is -1.61. The molecule has 2 aromatic heterocycles. The van der Waals surface area contributed by atoms with E-state index in [1.165, 1.54) is 0 Å². The van der Waals surface area contributed by atoms with E-state index in [2.05, 4.69) is 46.4 Å². The molecule has 3 rings (SSSR count). The molecule has 1 amide bonds. The summed E-state index contributed by atoms with van der Waals surface area (Å²) in [7, 11) is 1.99. The molecule has 0 saturated carbocycles. The average molecular weight is 432 g/mol. The summed E-state index contributed by atoms with van der Waals surface area (Å²) in [6.45, 7) is 10.9. The van der Waals surface area contributed by atoms with Crippen molar-refractivity contribution in [2.45, 2.75) is 39.3 Å². The van der Waals surface area contributed by atoms with Gasteiger partial charge in [0.15, 0.2) is 0 Å². The molecule has 1 saturated heterocycles. The van der Waals surface area contributed by atoms with Gasteiger partial charge >= 0.3 is 0 Å². The van der Waals surface area contributed by atoms with Gasteiger partial charge in [-0.1, -0.05) is 0 Å². The van der Waals surface area contributed by atoms with Crippen LogP contribution >= 0.6 is 24.8 Å². The fraction of sp³-hybridized carbons (Fsp3) is 0.611. The number of piperazine rings is 1. The maximum atomic E-state index is 12.7. The van der Waals surface area contributed by atoms with Crippen molar-refractivity contribution in [2.24, 2.45) is 7.05 Å². The third-order valence-corrected chi connectivity index (χ3v) is 4.59. The number of amides is 1. The lowest BCUT2D eigenvalue weighted by molar-refractivity contribution is -0.118. The van der Waals surface area contributed by atoms with E-state index in [1.807, 2.05) is 35.5 Å². The molecular weight excluding hydrogens is 401 g/mol. The topological polar surface area (TPSA) is 80.0 Å². The first-order valence-corrected chi connectivity index (χ1v) is 9.04. The van der Waals surface area contributed by atoms with E-state index in [-0.39, 0.29) is 42.3 Å². The van der Waals surface area contributed by atoms with E-state index < -0.39 is 0 Å². The van der Waals surface area contributed by atoms with E-state index in [9.17, 15) is 4.79 Å². The number of halogens is 2. The second kappa shape index (κ2) is 9.73. The van der Waals surface area contributed by atoms with Gasteiger partial charge in [-0.25, -0.2) is 9.67 Å². The molecule has 2 aromatic rings. The lowest BCUT2D eigenvalue weighted by Gasteiger charge is -2.35. The van der Waals surface area contributed by atoms with E-state index in [0.717, 1.165) is 37.0 Å². The minimum atomic E-state index is -0.193. The maximum Gasteiger partial charge on any atom is 0.239 e. The Morgan fingerprint density at radius 2 is 2.07 bits per heavy atom. The van der Waals surface area contributed by atoms with Gasteiger partial charge in [-0.05, 0) is 27.7 Å². The summed E-state index contributed by atoms with van der Waals surface area (Å²) in [5, 5.41) is 10.9. The van der Waals surface area contributed by atoms with Crippen LogP contribution in [0.1, 0.15) is 38.3 Å². The van der Waals surface area contributed by atoms with Crippen molar-refractivity contribution in [2.75, 3.05) is 31.5 Å². The van der Waals surface area contributed by atoms with Crippen molar-refractivity contribution in [1.29, 1.82) is 0 Å². The molecule has 1 fully saturated rings. The summed E-state index contributed by atoms with van der Waals surface area (Å²) in [6.07, 6.45) is 3.74. The first kappa shape index (κ1) is 24.4. The predicted molar refractivity (Wildman–Crippen MR) is 115 cm³/mol. The van der Waals surface area contributed by atoms with E-state index >= 15 is 0 Å². The molecule has 28 heavy (non-hydrogen) atoms. The SMILES string of the molecule is Cc1cc(NC(=O)CN2CCNCC2c2nccn2C)n(C(C)(C)C)n1.Cl.Cl. The van der Waals surface area contributed by atoms with Gasteiger partial charge in [0, 0.05) is 45.1 Å². The van der Waals surface area contributed by atoms with Gasteiger partial charge in [0.05, 0.1) is 23.8 Å². The highest BCUT2D eigenvalue weighted by molar-refractivity contribution is 5.91. The summed E-state index contributed by atoms with van der Waals surface area (Å²) >= 11 is 0. The standard InChI is InChI=1S/C18H29N7O.2ClH/c1-13-10-15(25(22-13)18(2,3)4)21-16(26)12-24-9-6-19-11-14(24)17-20-7-8-23(17)5;;/h7-8,10,14,19H,6,9,11-12H2,1-5H3,(H,21,26);2*1H. The second-order valence-electron chi connectivity index (χ2n) is 7.89. The normalized spacial score (nSPS) is 17.5. The zero-order chi connectivity index (χ0) is 18.9. The summed E-state index contributed by atoms with van der Waals surface area (Å²) in [5.74, 6) is 1.68. The summed E-state index contributed by atoms with van der Waals surface area (Å²) < 4.78 is 3.88. The van der Waals surface area contributed by atoms with Crippen LogP contribution < -0.4 is 10.6 Å². The van der Waals surface area contributed by atoms with Gasteiger partial charge in [-0.3, -0.25) is 9.69 Å². The third-order valence-electron chi connectivity index (χ3n) is 4.59. The first-order valence-electron chi connectivity index (χ1n) is 9.04. The molecule has 158 valence electrons. The molecule has 0 spiro atoms. The van der Waals surface area contributed by atoms with Crippen LogP contribution in [0.5, 0.6) is 0 Å². The van der Waals surface area contributed by atoms with Crippen LogP contribution in [0.25, 0.3) is 0 Å². The van der Waals surface area contributed by atoms with Crippen LogP contribution in [0.15, 0.2) is 18.5 Å². The molecule has 0 radical (unpaired) electrons. The number of aromatic nitrogens is 4. The van der Waals surface area contributed by atoms with Gasteiger partial charge in [0.2, 0.25) is 5.91 Å². The number of carbonyl (C=O) groups excluding carboxylic acids is 1. The molecule has 8 nitrogen and oxygen atoms in total. The van der Waals surface area contributed by atoms with Gasteiger partial charge in [0.1, 0.15) is 11.6 Å². The fourth-order valence-electron chi connectivity index (χ4n) is 3.36. The second-order valence-corrected chi connectivity index (χ2v) is 7.89. The molecule has 3 heterocycles. The number of nitrogens with one attached hydrogen (secondary N) is 2. The lowest BCUT2D eigenvalue weighted by atomic mass is 10.1. The molecule has 2 N–H and O–H groups in total. The molecule has 1 aliphatic heterocycles. The van der Waals surface area contributed by atoms with Crippen molar-refractivity contribution in [3.63, 3.8) is 0 Å². The molecule has 1 aliphatic rings. The average Bonchev–Trinajstić information content (AvgIpc) is 3.13. The van der Waals surface area contributed by atoms with Crippen molar-refractivity contribution in [1.82, 2.24) is 29.5 Å². The largest absolute Gasteiger partial charge is 0.337 e. The Kier molecular flexibility index (Phi) is 8.49. The number of anilines is 1. The van der Waals surface area contributed by atoms with Gasteiger partial charge < -0.3 is 15.2 Å². The Morgan fingerprint density at radius 1 is 1.36 bits per heavy atom. The molecular formula is C18H31Cl2N7O. The number of nitrogens with zero attached hydrogens (tertiary/aromatic N) is 5. The fourth-order valence-corrected chi connectivity index (χ4v) is 3.36. The molecule has 1 atom stereocenters. The van der Waals surface area contributed by atoms with Crippen molar-refractivity contribution < 1.29 is 4.79 Å². The molecule has 1 unspecified atom stereocenters. The summed E-state index contributed by atoms with van der Waals surface area (Å²) in [4.78, 5) is 19.4. The minimum Gasteiger partial charge on any atom is -0.337 e. The number of hydrogen-bond donors (Lipinski definition) is 2. The Morgan fingerprint density at radius 3 is 2.68 bits per heavy atom. The van der Waals surface area contributed by atoms with Crippen LogP contribution in [0.4, 0.5) is 5.82 Å². The highest BCUT2D eigenvalue weighted by atomic mass is 35.5. The van der Waals surface area contributed by atoms with Gasteiger partial charge in [-0.2, -0.15) is 5.10 Å². The zero-order valence-corrected chi connectivity index (χ0v) is 18.7. The zero-order valence-electron chi connectivity index (χ0n) is 17.1. The van der Waals surface area contributed by atoms with Crippen LogP contribution in [-0.4, -0.2) is 56.3 Å². The highest BCUT2D eigenvalue weighted by Gasteiger charge is 2.29. The summed E-state index contributed by atoms with van der Waals surface area (Å²) in [5.41, 5.74) is 0.699. The monoisotopic (exact) mass is 431 g/mol. The summed E-state index contributed by atoms with van der Waals surface area (Å²) in [6, 6.07) is 2.00. The third kappa shape index (κ3) is 5.47. The number of rotatable bonds is 4. The van der Waals surface area contributed by atoms with Gasteiger partial charge in [-0.15, -0.1) is 24.8 Å². The van der Waals surface area contributed by atoms with Crippen molar-refractivity contribution in [3.8, 4) is 0 Å². The van der Waals surface area contributed by atoms with E-state index in [4.69, 9.17) is 0 Å². The highest BCUT2D eigenvalue weighted by Crippen LogP contribution is 2.23. The molecule has 10 heteroatoms. The maximum absolute atomic E-state index is 12.7. The van der Waals surface area contributed by atoms with Gasteiger partial charge in [0.25, 0.3) is 0 Å². The smallest absolute Gasteiger partial charge is 0.239 e. The molecule has 0 bridgehead atoms.